The fourth-order valence-electron chi connectivity index (χ4n) is 2.75. The van der Waals surface area contributed by atoms with E-state index in [1.807, 2.05) is 60.3 Å². The lowest BCUT2D eigenvalue weighted by Crippen LogP contribution is -2.44. The highest BCUT2D eigenvalue weighted by Gasteiger charge is 2.17. The van der Waals surface area contributed by atoms with Crippen LogP contribution >= 0.6 is 11.6 Å². The molecule has 0 aliphatic rings. The first-order chi connectivity index (χ1) is 12.9. The van der Waals surface area contributed by atoms with Crippen molar-refractivity contribution >= 4 is 17.6 Å². The molecule has 0 radical (unpaired) electrons. The minimum atomic E-state index is 0.201. The summed E-state index contributed by atoms with van der Waals surface area (Å²) in [5, 5.41) is 8.38. The van der Waals surface area contributed by atoms with E-state index >= 15 is 0 Å². The van der Waals surface area contributed by atoms with Crippen molar-refractivity contribution in [3.8, 4) is 5.75 Å². The molecular formula is C19H29ClN6O. The van der Waals surface area contributed by atoms with E-state index in [0.29, 0.717) is 18.2 Å². The van der Waals surface area contributed by atoms with Crippen LogP contribution in [0.2, 0.25) is 5.02 Å². The van der Waals surface area contributed by atoms with Gasteiger partial charge in [0, 0.05) is 44.5 Å². The Labute approximate surface area is 166 Å². The summed E-state index contributed by atoms with van der Waals surface area (Å²) >= 11 is 5.98. The lowest BCUT2D eigenvalue weighted by Gasteiger charge is -2.27. The van der Waals surface area contributed by atoms with E-state index in [9.17, 15) is 0 Å². The Balaban J connectivity index is 1.85. The number of benzene rings is 1. The van der Waals surface area contributed by atoms with Crippen molar-refractivity contribution in [3.63, 3.8) is 0 Å². The van der Waals surface area contributed by atoms with Crippen molar-refractivity contribution in [1.82, 2.24) is 24.9 Å². The van der Waals surface area contributed by atoms with Crippen molar-refractivity contribution in [2.24, 2.45) is 12.0 Å². The highest BCUT2D eigenvalue weighted by molar-refractivity contribution is 6.30. The second-order valence-corrected chi connectivity index (χ2v) is 7.02. The number of guanidine groups is 1. The Kier molecular flexibility index (Phi) is 7.94. The second kappa shape index (κ2) is 10.2. The molecule has 1 aromatic heterocycles. The number of aromatic nitrogens is 2. The topological polar surface area (TPSA) is 57.9 Å². The number of halogens is 1. The zero-order valence-corrected chi connectivity index (χ0v) is 17.4. The van der Waals surface area contributed by atoms with Gasteiger partial charge in [0.2, 0.25) is 0 Å². The molecule has 1 unspecified atom stereocenters. The maximum Gasteiger partial charge on any atom is 0.193 e. The molecular weight excluding hydrogens is 364 g/mol. The number of aliphatic imine (C=N–C) groups is 1. The largest absolute Gasteiger partial charge is 0.492 e. The molecule has 0 aliphatic heterocycles. The first kappa shape index (κ1) is 21.1. The summed E-state index contributed by atoms with van der Waals surface area (Å²) in [5.74, 6) is 1.59. The van der Waals surface area contributed by atoms with E-state index in [4.69, 9.17) is 16.3 Å². The number of hydrogen-bond donors (Lipinski definition) is 1. The van der Waals surface area contributed by atoms with Gasteiger partial charge in [0.15, 0.2) is 5.96 Å². The lowest BCUT2D eigenvalue weighted by atomic mass is 10.1. The van der Waals surface area contributed by atoms with Gasteiger partial charge in [-0.2, -0.15) is 5.10 Å². The average Bonchev–Trinajstić information content (AvgIpc) is 3.04. The van der Waals surface area contributed by atoms with E-state index in [2.05, 4.69) is 34.4 Å². The number of nitrogens with one attached hydrogen (secondary N) is 1. The van der Waals surface area contributed by atoms with E-state index in [1.165, 1.54) is 0 Å². The van der Waals surface area contributed by atoms with Gasteiger partial charge in [-0.3, -0.25) is 9.67 Å². The molecule has 2 rings (SSSR count). The number of likely N-dealkylation sites (N-methyl/N-ethyl adjacent to an activating group) is 2. The molecule has 1 atom stereocenters. The lowest BCUT2D eigenvalue weighted by molar-refractivity contribution is 0.275. The van der Waals surface area contributed by atoms with Gasteiger partial charge in [-0.15, -0.1) is 0 Å². The standard InChI is InChI=1S/C19H29ClN6O/c1-21-19(22-13-18(24(2)3)15-12-23-26(5)14-15)25(4)9-10-27-17-8-6-7-16(20)11-17/h6-8,11-12,14,18H,9-10,13H2,1-5H3,(H,21,22). The molecule has 0 fully saturated rings. The molecule has 0 saturated heterocycles. The summed E-state index contributed by atoms with van der Waals surface area (Å²) in [6, 6.07) is 7.61. The predicted octanol–water partition coefficient (Wildman–Crippen LogP) is 2.26. The highest BCUT2D eigenvalue weighted by atomic mass is 35.5. The first-order valence-corrected chi connectivity index (χ1v) is 9.23. The van der Waals surface area contributed by atoms with Crippen molar-refractivity contribution in [2.45, 2.75) is 6.04 Å². The van der Waals surface area contributed by atoms with E-state index in [-0.39, 0.29) is 6.04 Å². The van der Waals surface area contributed by atoms with Crippen LogP contribution in [0.25, 0.3) is 0 Å². The van der Waals surface area contributed by atoms with E-state index in [0.717, 1.165) is 23.8 Å². The minimum Gasteiger partial charge on any atom is -0.492 e. The molecule has 1 N–H and O–H groups in total. The number of aryl methyl sites for hydroxylation is 1. The Morgan fingerprint density at radius 2 is 2.15 bits per heavy atom. The number of hydrogen-bond acceptors (Lipinski definition) is 4. The van der Waals surface area contributed by atoms with Crippen LogP contribution in [-0.2, 0) is 7.05 Å². The van der Waals surface area contributed by atoms with Gasteiger partial charge >= 0.3 is 0 Å². The van der Waals surface area contributed by atoms with Gasteiger partial charge in [0.25, 0.3) is 0 Å². The van der Waals surface area contributed by atoms with Gasteiger partial charge in [0.05, 0.1) is 18.8 Å². The van der Waals surface area contributed by atoms with Gasteiger partial charge in [-0.1, -0.05) is 17.7 Å². The molecule has 148 valence electrons. The van der Waals surface area contributed by atoms with Crippen LogP contribution in [-0.4, -0.2) is 73.4 Å². The smallest absolute Gasteiger partial charge is 0.193 e. The van der Waals surface area contributed by atoms with Crippen LogP contribution in [0.4, 0.5) is 0 Å². The fraction of sp³-hybridized carbons (Fsp3) is 0.474. The van der Waals surface area contributed by atoms with Crippen LogP contribution < -0.4 is 10.1 Å². The number of nitrogens with zero attached hydrogens (tertiary/aromatic N) is 5. The first-order valence-electron chi connectivity index (χ1n) is 8.86. The third-order valence-electron chi connectivity index (χ3n) is 4.25. The third kappa shape index (κ3) is 6.45. The van der Waals surface area contributed by atoms with E-state index < -0.39 is 0 Å². The minimum absolute atomic E-state index is 0.201. The SMILES string of the molecule is CN=C(NCC(c1cnn(C)c1)N(C)C)N(C)CCOc1cccc(Cl)c1. The molecule has 0 aliphatic carbocycles. The molecule has 0 saturated carbocycles. The summed E-state index contributed by atoms with van der Waals surface area (Å²) in [6.45, 7) is 1.97. The maximum atomic E-state index is 5.98. The van der Waals surface area contributed by atoms with Crippen molar-refractivity contribution < 1.29 is 4.74 Å². The normalized spacial score (nSPS) is 12.9. The Bertz CT molecular complexity index is 745. The zero-order valence-electron chi connectivity index (χ0n) is 16.7. The average molecular weight is 393 g/mol. The molecule has 0 amide bonds. The van der Waals surface area contributed by atoms with Crippen LogP contribution in [0.3, 0.4) is 0 Å². The third-order valence-corrected chi connectivity index (χ3v) is 4.49. The van der Waals surface area contributed by atoms with Crippen molar-refractivity contribution in [3.05, 3.63) is 47.2 Å². The van der Waals surface area contributed by atoms with Crippen molar-refractivity contribution in [2.75, 3.05) is 47.9 Å². The highest BCUT2D eigenvalue weighted by Crippen LogP contribution is 2.17. The molecule has 27 heavy (non-hydrogen) atoms. The Hall–Kier alpha value is -2.25. The zero-order chi connectivity index (χ0) is 19.8. The molecule has 1 heterocycles. The predicted molar refractivity (Wildman–Crippen MR) is 111 cm³/mol. The molecule has 7 nitrogen and oxygen atoms in total. The van der Waals surface area contributed by atoms with Gasteiger partial charge in [-0.25, -0.2) is 0 Å². The van der Waals surface area contributed by atoms with Crippen LogP contribution in [0.1, 0.15) is 11.6 Å². The second-order valence-electron chi connectivity index (χ2n) is 6.58. The van der Waals surface area contributed by atoms with Gasteiger partial charge in [-0.05, 0) is 32.3 Å². The molecule has 2 aromatic rings. The summed E-state index contributed by atoms with van der Waals surface area (Å²) in [7, 11) is 9.82. The van der Waals surface area contributed by atoms with Gasteiger partial charge in [0.1, 0.15) is 12.4 Å². The number of ether oxygens (including phenoxy) is 1. The molecule has 8 heteroatoms. The van der Waals surface area contributed by atoms with Crippen LogP contribution in [0.15, 0.2) is 41.7 Å². The summed E-state index contributed by atoms with van der Waals surface area (Å²) in [5.41, 5.74) is 1.16. The van der Waals surface area contributed by atoms with Crippen LogP contribution in [0, 0.1) is 0 Å². The molecule has 0 bridgehead atoms. The molecule has 0 spiro atoms. The van der Waals surface area contributed by atoms with E-state index in [1.54, 1.807) is 7.05 Å². The Morgan fingerprint density at radius 3 is 2.74 bits per heavy atom. The Morgan fingerprint density at radius 1 is 1.37 bits per heavy atom. The monoisotopic (exact) mass is 392 g/mol. The molecule has 1 aromatic carbocycles. The summed E-state index contributed by atoms with van der Waals surface area (Å²) < 4.78 is 7.58. The fourth-order valence-corrected chi connectivity index (χ4v) is 2.93. The summed E-state index contributed by atoms with van der Waals surface area (Å²) in [6.07, 6.45) is 3.94. The maximum absolute atomic E-state index is 5.98. The quantitative estimate of drug-likeness (QED) is 0.551. The number of rotatable bonds is 8. The van der Waals surface area contributed by atoms with Crippen molar-refractivity contribution in [1.29, 1.82) is 0 Å². The van der Waals surface area contributed by atoms with Gasteiger partial charge < -0.3 is 19.9 Å². The summed E-state index contributed by atoms with van der Waals surface area (Å²) in [4.78, 5) is 8.58. The van der Waals surface area contributed by atoms with Crippen LogP contribution in [0.5, 0.6) is 5.75 Å².